The van der Waals surface area contributed by atoms with Gasteiger partial charge in [-0.2, -0.15) is 0 Å². The quantitative estimate of drug-likeness (QED) is 0.133. The summed E-state index contributed by atoms with van der Waals surface area (Å²) in [5, 5.41) is 9.53. The molecule has 0 radical (unpaired) electrons. The zero-order valence-electron chi connectivity index (χ0n) is 23.5. The molecule has 1 aliphatic heterocycles. The van der Waals surface area contributed by atoms with E-state index in [0.717, 1.165) is 23.2 Å². The van der Waals surface area contributed by atoms with E-state index < -0.39 is 5.97 Å². The van der Waals surface area contributed by atoms with E-state index in [2.05, 4.69) is 0 Å². The fraction of sp³-hybridized carbons (Fsp3) is 0.258. The number of thioether (sulfide) groups is 1. The predicted molar refractivity (Wildman–Crippen MR) is 171 cm³/mol. The standard InChI is InChI=1S/C31H31ClN2O6S2/c1-33(2)14-16-40-26-11-7-21(22-8-12-27(38-3)25(32)18-22)17-23(26)19-28-29(35)34(31(41)42-28)13-4-15-39-24-9-5-20(6-10-24)30(36)37/h5-12,17-19H,4,13-16H2,1-3H3,(H,36,37). The van der Waals surface area contributed by atoms with E-state index in [0.29, 0.717) is 57.7 Å². The maximum atomic E-state index is 13.3. The van der Waals surface area contributed by atoms with Crippen LogP contribution >= 0.6 is 35.6 Å². The third-order valence-electron chi connectivity index (χ3n) is 6.35. The molecule has 0 atom stereocenters. The molecule has 1 heterocycles. The molecule has 0 bridgehead atoms. The topological polar surface area (TPSA) is 88.5 Å². The molecule has 0 unspecified atom stereocenters. The summed E-state index contributed by atoms with van der Waals surface area (Å²) in [6, 6.07) is 17.6. The Kier molecular flexibility index (Phi) is 10.9. The van der Waals surface area contributed by atoms with Gasteiger partial charge in [-0.3, -0.25) is 9.69 Å². The van der Waals surface area contributed by atoms with Gasteiger partial charge in [-0.15, -0.1) is 0 Å². The van der Waals surface area contributed by atoms with Crippen LogP contribution in [0.2, 0.25) is 5.02 Å². The Labute approximate surface area is 259 Å². The summed E-state index contributed by atoms with van der Waals surface area (Å²) in [5.41, 5.74) is 2.76. The molecule has 1 amide bonds. The van der Waals surface area contributed by atoms with Gasteiger partial charge < -0.3 is 24.2 Å². The van der Waals surface area contributed by atoms with Crippen LogP contribution in [0.3, 0.4) is 0 Å². The second kappa shape index (κ2) is 14.6. The number of halogens is 1. The summed E-state index contributed by atoms with van der Waals surface area (Å²) in [5.74, 6) is 0.647. The van der Waals surface area contributed by atoms with Gasteiger partial charge in [0, 0.05) is 18.7 Å². The van der Waals surface area contributed by atoms with Crippen LogP contribution in [0.4, 0.5) is 0 Å². The lowest BCUT2D eigenvalue weighted by Gasteiger charge is -2.15. The molecule has 1 N–H and O–H groups in total. The van der Waals surface area contributed by atoms with E-state index in [4.69, 9.17) is 43.1 Å². The number of hydrogen-bond donors (Lipinski definition) is 1. The number of carboxylic acid groups (broad SMARTS) is 1. The number of rotatable bonds is 13. The van der Waals surface area contributed by atoms with Crippen molar-refractivity contribution in [2.75, 3.05) is 47.5 Å². The summed E-state index contributed by atoms with van der Waals surface area (Å²) < 4.78 is 17.6. The van der Waals surface area contributed by atoms with E-state index in [-0.39, 0.29) is 11.5 Å². The number of hydrogen-bond acceptors (Lipinski definition) is 8. The molecule has 8 nitrogen and oxygen atoms in total. The van der Waals surface area contributed by atoms with Gasteiger partial charge in [0.15, 0.2) is 0 Å². The highest BCUT2D eigenvalue weighted by Gasteiger charge is 2.32. The van der Waals surface area contributed by atoms with Gasteiger partial charge in [-0.05, 0) is 86.3 Å². The van der Waals surface area contributed by atoms with E-state index in [1.165, 1.54) is 23.9 Å². The molecule has 3 aromatic carbocycles. The van der Waals surface area contributed by atoms with Gasteiger partial charge in [0.2, 0.25) is 0 Å². The molecule has 1 fully saturated rings. The van der Waals surface area contributed by atoms with Crippen molar-refractivity contribution in [1.29, 1.82) is 0 Å². The van der Waals surface area contributed by atoms with Gasteiger partial charge in [-0.25, -0.2) is 4.79 Å². The van der Waals surface area contributed by atoms with Gasteiger partial charge in [0.05, 0.1) is 29.2 Å². The van der Waals surface area contributed by atoms with Crippen molar-refractivity contribution in [3.05, 3.63) is 81.7 Å². The van der Waals surface area contributed by atoms with Gasteiger partial charge in [0.1, 0.15) is 28.2 Å². The number of ether oxygens (including phenoxy) is 3. The number of carboxylic acids is 1. The van der Waals surface area contributed by atoms with Crippen molar-refractivity contribution >= 4 is 57.9 Å². The van der Waals surface area contributed by atoms with E-state index in [1.807, 2.05) is 61.5 Å². The van der Waals surface area contributed by atoms with Gasteiger partial charge in [0.25, 0.3) is 5.91 Å². The first-order valence-corrected chi connectivity index (χ1v) is 14.7. The molecule has 0 saturated carbocycles. The Hall–Kier alpha value is -3.57. The smallest absolute Gasteiger partial charge is 0.335 e. The maximum absolute atomic E-state index is 13.3. The molecule has 11 heteroatoms. The van der Waals surface area contributed by atoms with E-state index >= 15 is 0 Å². The minimum absolute atomic E-state index is 0.173. The molecule has 0 spiro atoms. The summed E-state index contributed by atoms with van der Waals surface area (Å²) in [4.78, 5) is 28.5. The lowest BCUT2D eigenvalue weighted by Crippen LogP contribution is -2.29. The maximum Gasteiger partial charge on any atom is 0.335 e. The van der Waals surface area contributed by atoms with Crippen molar-refractivity contribution in [1.82, 2.24) is 9.80 Å². The monoisotopic (exact) mass is 626 g/mol. The third-order valence-corrected chi connectivity index (χ3v) is 8.02. The zero-order valence-corrected chi connectivity index (χ0v) is 25.9. The lowest BCUT2D eigenvalue weighted by atomic mass is 10.0. The molecule has 42 heavy (non-hydrogen) atoms. The number of carbonyl (C=O) groups is 2. The fourth-order valence-corrected chi connectivity index (χ4v) is 5.65. The average Bonchev–Trinajstić information content (AvgIpc) is 3.23. The van der Waals surface area contributed by atoms with Crippen LogP contribution in [0.25, 0.3) is 17.2 Å². The molecule has 0 aromatic heterocycles. The number of amides is 1. The number of likely N-dealkylation sites (N-methyl/N-ethyl adjacent to an activating group) is 1. The van der Waals surface area contributed by atoms with Crippen LogP contribution in [0.15, 0.2) is 65.6 Å². The first kappa shape index (κ1) is 31.4. The summed E-state index contributed by atoms with van der Waals surface area (Å²) in [6.07, 6.45) is 2.37. The fourth-order valence-electron chi connectivity index (χ4n) is 4.10. The highest BCUT2D eigenvalue weighted by molar-refractivity contribution is 8.26. The molecule has 220 valence electrons. The molecule has 1 saturated heterocycles. The van der Waals surface area contributed by atoms with Gasteiger partial charge in [-0.1, -0.05) is 47.7 Å². The van der Waals surface area contributed by atoms with Crippen LogP contribution in [-0.4, -0.2) is 78.6 Å². The van der Waals surface area contributed by atoms with Crippen molar-refractivity contribution in [2.24, 2.45) is 0 Å². The summed E-state index contributed by atoms with van der Waals surface area (Å²) in [6.45, 7) is 1.97. The largest absolute Gasteiger partial charge is 0.495 e. The summed E-state index contributed by atoms with van der Waals surface area (Å²) >= 11 is 13.2. The van der Waals surface area contributed by atoms with Crippen LogP contribution in [0, 0.1) is 0 Å². The lowest BCUT2D eigenvalue weighted by molar-refractivity contribution is -0.122. The Bertz CT molecular complexity index is 1490. The molecule has 1 aliphatic rings. The first-order valence-electron chi connectivity index (χ1n) is 13.1. The summed E-state index contributed by atoms with van der Waals surface area (Å²) in [7, 11) is 5.53. The second-order valence-electron chi connectivity index (χ2n) is 9.62. The number of methoxy groups -OCH3 is 1. The predicted octanol–water partition coefficient (Wildman–Crippen LogP) is 6.32. The Morgan fingerprint density at radius 2 is 1.71 bits per heavy atom. The number of nitrogens with zero attached hydrogens (tertiary/aromatic N) is 2. The minimum Gasteiger partial charge on any atom is -0.495 e. The SMILES string of the molecule is COc1ccc(-c2ccc(OCCN(C)C)c(C=C3SC(=S)N(CCCOc4ccc(C(=O)O)cc4)C3=O)c2)cc1Cl. The number of aromatic carboxylic acids is 1. The molecular weight excluding hydrogens is 596 g/mol. The molecule has 3 aromatic rings. The first-order chi connectivity index (χ1) is 20.2. The third kappa shape index (κ3) is 8.04. The van der Waals surface area contributed by atoms with Crippen LogP contribution in [-0.2, 0) is 4.79 Å². The van der Waals surface area contributed by atoms with Crippen molar-refractivity contribution in [3.63, 3.8) is 0 Å². The second-order valence-corrected chi connectivity index (χ2v) is 11.7. The van der Waals surface area contributed by atoms with Gasteiger partial charge >= 0.3 is 5.97 Å². The molecule has 4 rings (SSSR count). The van der Waals surface area contributed by atoms with Crippen molar-refractivity contribution in [3.8, 4) is 28.4 Å². The Morgan fingerprint density at radius 1 is 1.02 bits per heavy atom. The van der Waals surface area contributed by atoms with Crippen LogP contribution < -0.4 is 14.2 Å². The average molecular weight is 627 g/mol. The van der Waals surface area contributed by atoms with Crippen LogP contribution in [0.1, 0.15) is 22.3 Å². The van der Waals surface area contributed by atoms with Crippen LogP contribution in [0.5, 0.6) is 17.2 Å². The zero-order chi connectivity index (χ0) is 30.2. The van der Waals surface area contributed by atoms with E-state index in [1.54, 1.807) is 24.1 Å². The van der Waals surface area contributed by atoms with E-state index in [9.17, 15) is 9.59 Å². The molecule has 0 aliphatic carbocycles. The number of benzene rings is 3. The Morgan fingerprint density at radius 3 is 2.36 bits per heavy atom. The highest BCUT2D eigenvalue weighted by Crippen LogP contribution is 2.37. The minimum atomic E-state index is -0.993. The van der Waals surface area contributed by atoms with Crippen molar-refractivity contribution in [2.45, 2.75) is 6.42 Å². The Balaban J connectivity index is 1.48. The number of thiocarbonyl (C=S) groups is 1. The normalized spacial score (nSPS) is 14.1. The van der Waals surface area contributed by atoms with Crippen molar-refractivity contribution < 1.29 is 28.9 Å². The highest BCUT2D eigenvalue weighted by atomic mass is 35.5. The number of carbonyl (C=O) groups excluding carboxylic acids is 1. The molecular formula is C31H31ClN2O6S2.